The number of carbonyl (C=O) groups is 2. The Balaban J connectivity index is 1.83. The van der Waals surface area contributed by atoms with E-state index >= 15 is 0 Å². The van der Waals surface area contributed by atoms with Gasteiger partial charge in [-0.3, -0.25) is 13.9 Å². The first-order valence-corrected chi connectivity index (χ1v) is 17.6. The van der Waals surface area contributed by atoms with Crippen LogP contribution in [0.15, 0.2) is 108 Å². The van der Waals surface area contributed by atoms with Crippen LogP contribution in [-0.4, -0.2) is 44.3 Å². The second kappa shape index (κ2) is 16.6. The summed E-state index contributed by atoms with van der Waals surface area (Å²) >= 11 is 12.8. The lowest BCUT2D eigenvalue weighted by Crippen LogP contribution is -2.53. The fraction of sp³-hybridized carbons (Fsp3) is 0.278. The Labute approximate surface area is 282 Å². The van der Waals surface area contributed by atoms with E-state index in [1.54, 1.807) is 48.5 Å². The van der Waals surface area contributed by atoms with Gasteiger partial charge >= 0.3 is 0 Å². The van der Waals surface area contributed by atoms with Crippen molar-refractivity contribution >= 4 is 50.7 Å². The van der Waals surface area contributed by atoms with E-state index in [9.17, 15) is 18.0 Å². The molecule has 0 aliphatic rings. The van der Waals surface area contributed by atoms with Crippen LogP contribution in [0, 0.1) is 0 Å². The lowest BCUT2D eigenvalue weighted by atomic mass is 10.0. The Morgan fingerprint density at radius 1 is 0.826 bits per heavy atom. The molecule has 0 aliphatic heterocycles. The molecular weight excluding hydrogens is 641 g/mol. The van der Waals surface area contributed by atoms with E-state index in [1.165, 1.54) is 17.0 Å². The van der Waals surface area contributed by atoms with E-state index in [0.717, 1.165) is 28.3 Å². The summed E-state index contributed by atoms with van der Waals surface area (Å²) in [5, 5.41) is 3.75. The number of rotatable bonds is 15. The third-order valence-corrected chi connectivity index (χ3v) is 10.1. The molecule has 4 aromatic carbocycles. The minimum Gasteiger partial charge on any atom is -0.354 e. The highest BCUT2D eigenvalue weighted by atomic mass is 35.5. The van der Waals surface area contributed by atoms with Gasteiger partial charge in [0.15, 0.2) is 0 Å². The number of para-hydroxylation sites is 1. The molecule has 0 heterocycles. The fourth-order valence-electron chi connectivity index (χ4n) is 5.18. The average molecular weight is 681 g/mol. The largest absolute Gasteiger partial charge is 0.354 e. The van der Waals surface area contributed by atoms with E-state index < -0.39 is 28.5 Å². The maximum atomic E-state index is 14.6. The molecule has 0 aromatic heterocycles. The van der Waals surface area contributed by atoms with Crippen LogP contribution in [0.5, 0.6) is 0 Å². The molecule has 1 atom stereocenters. The van der Waals surface area contributed by atoms with Crippen LogP contribution >= 0.6 is 23.2 Å². The number of halogens is 2. The van der Waals surface area contributed by atoms with Gasteiger partial charge in [-0.05, 0) is 59.9 Å². The molecule has 0 spiro atoms. The molecule has 2 amide bonds. The van der Waals surface area contributed by atoms with Gasteiger partial charge in [0, 0.05) is 29.6 Å². The molecule has 0 fully saturated rings. The SMILES string of the molecule is CCCCNC(=O)[C@@H](Cc1ccccc1)N(Cc1ccc(Cl)cc1Cl)C(=O)CN(c1ccccc1CC)S(=O)(=O)c1ccccc1. The van der Waals surface area contributed by atoms with Crippen LogP contribution in [-0.2, 0) is 39.0 Å². The van der Waals surface area contributed by atoms with Gasteiger partial charge in [0.25, 0.3) is 10.0 Å². The van der Waals surface area contributed by atoms with Crippen molar-refractivity contribution in [2.24, 2.45) is 0 Å². The van der Waals surface area contributed by atoms with E-state index in [0.29, 0.717) is 34.3 Å². The van der Waals surface area contributed by atoms with Crippen molar-refractivity contribution in [1.29, 1.82) is 0 Å². The van der Waals surface area contributed by atoms with Gasteiger partial charge < -0.3 is 10.2 Å². The summed E-state index contributed by atoms with van der Waals surface area (Å²) < 4.78 is 29.6. The summed E-state index contributed by atoms with van der Waals surface area (Å²) in [5.74, 6) is -0.884. The van der Waals surface area contributed by atoms with Crippen LogP contribution in [0.1, 0.15) is 43.4 Å². The first-order valence-electron chi connectivity index (χ1n) is 15.4. The number of anilines is 1. The lowest BCUT2D eigenvalue weighted by molar-refractivity contribution is -0.140. The second-order valence-corrected chi connectivity index (χ2v) is 13.6. The number of hydrogen-bond donors (Lipinski definition) is 1. The number of nitrogens with one attached hydrogen (secondary N) is 1. The number of benzene rings is 4. The Morgan fingerprint density at radius 3 is 2.13 bits per heavy atom. The Bertz CT molecular complexity index is 1720. The van der Waals surface area contributed by atoms with Crippen LogP contribution in [0.4, 0.5) is 5.69 Å². The molecule has 0 bridgehead atoms. The highest BCUT2D eigenvalue weighted by Gasteiger charge is 2.35. The van der Waals surface area contributed by atoms with E-state index in [1.807, 2.05) is 56.3 Å². The van der Waals surface area contributed by atoms with Gasteiger partial charge in [0.05, 0.1) is 10.6 Å². The molecule has 4 aromatic rings. The predicted molar refractivity (Wildman–Crippen MR) is 186 cm³/mol. The zero-order chi connectivity index (χ0) is 33.1. The van der Waals surface area contributed by atoms with Crippen molar-refractivity contribution in [3.05, 3.63) is 130 Å². The maximum absolute atomic E-state index is 14.6. The molecule has 242 valence electrons. The number of sulfonamides is 1. The number of nitrogens with zero attached hydrogens (tertiary/aromatic N) is 2. The number of amides is 2. The summed E-state index contributed by atoms with van der Waals surface area (Å²) in [6, 6.07) is 28.6. The van der Waals surface area contributed by atoms with Crippen LogP contribution in [0.25, 0.3) is 0 Å². The number of aryl methyl sites for hydroxylation is 1. The molecule has 0 unspecified atom stereocenters. The fourth-order valence-corrected chi connectivity index (χ4v) is 7.12. The van der Waals surface area contributed by atoms with Crippen LogP contribution in [0.3, 0.4) is 0 Å². The zero-order valence-corrected chi connectivity index (χ0v) is 28.4. The van der Waals surface area contributed by atoms with Crippen molar-refractivity contribution in [1.82, 2.24) is 10.2 Å². The Morgan fingerprint density at radius 2 is 1.48 bits per heavy atom. The molecule has 0 saturated carbocycles. The van der Waals surface area contributed by atoms with Crippen LogP contribution in [0.2, 0.25) is 10.0 Å². The topological polar surface area (TPSA) is 86.8 Å². The predicted octanol–water partition coefficient (Wildman–Crippen LogP) is 7.31. The molecule has 10 heteroatoms. The first-order chi connectivity index (χ1) is 22.1. The van der Waals surface area contributed by atoms with Gasteiger partial charge in [-0.1, -0.05) is 116 Å². The number of carbonyl (C=O) groups excluding carboxylic acids is 2. The maximum Gasteiger partial charge on any atom is 0.264 e. The van der Waals surface area contributed by atoms with E-state index in [4.69, 9.17) is 23.2 Å². The van der Waals surface area contributed by atoms with E-state index in [2.05, 4.69) is 5.32 Å². The molecule has 0 saturated heterocycles. The van der Waals surface area contributed by atoms with Crippen molar-refractivity contribution in [3.63, 3.8) is 0 Å². The monoisotopic (exact) mass is 679 g/mol. The number of hydrogen-bond acceptors (Lipinski definition) is 4. The van der Waals surface area contributed by atoms with Gasteiger partial charge in [-0.2, -0.15) is 0 Å². The molecule has 7 nitrogen and oxygen atoms in total. The molecule has 0 radical (unpaired) electrons. The minimum absolute atomic E-state index is 0.0395. The Kier molecular flexibility index (Phi) is 12.7. The van der Waals surface area contributed by atoms with Gasteiger partial charge in [-0.25, -0.2) is 8.42 Å². The summed E-state index contributed by atoms with van der Waals surface area (Å²) in [7, 11) is -4.18. The number of unbranched alkanes of at least 4 members (excludes halogenated alkanes) is 1. The summed E-state index contributed by atoms with van der Waals surface area (Å²) in [6.45, 7) is 3.83. The minimum atomic E-state index is -4.18. The highest BCUT2D eigenvalue weighted by molar-refractivity contribution is 7.92. The summed E-state index contributed by atoms with van der Waals surface area (Å²) in [5.41, 5.74) is 2.59. The standard InChI is InChI=1S/C36H39Cl2N3O4S/c1-3-5-22-39-36(43)34(23-27-14-8-6-9-15-27)40(25-29-20-21-30(37)24-32(29)38)35(42)26-41(33-19-13-12-16-28(33)4-2)46(44,45)31-17-10-7-11-18-31/h6-21,24,34H,3-5,22-23,25-26H2,1-2H3,(H,39,43)/t34-/m1/s1. The van der Waals surface area contributed by atoms with Crippen LogP contribution < -0.4 is 9.62 Å². The quantitative estimate of drug-likeness (QED) is 0.134. The molecule has 46 heavy (non-hydrogen) atoms. The van der Waals surface area contributed by atoms with Gasteiger partial charge in [0.1, 0.15) is 12.6 Å². The van der Waals surface area contributed by atoms with Gasteiger partial charge in [-0.15, -0.1) is 0 Å². The highest BCUT2D eigenvalue weighted by Crippen LogP contribution is 2.29. The zero-order valence-electron chi connectivity index (χ0n) is 26.0. The van der Waals surface area contributed by atoms with Crippen molar-refractivity contribution < 1.29 is 18.0 Å². The van der Waals surface area contributed by atoms with Gasteiger partial charge in [0.2, 0.25) is 11.8 Å². The second-order valence-electron chi connectivity index (χ2n) is 10.9. The smallest absolute Gasteiger partial charge is 0.264 e. The third kappa shape index (κ3) is 8.90. The first kappa shape index (κ1) is 35.0. The summed E-state index contributed by atoms with van der Waals surface area (Å²) in [6.07, 6.45) is 2.42. The van der Waals surface area contributed by atoms with E-state index in [-0.39, 0.29) is 23.8 Å². The molecular formula is C36H39Cl2N3O4S. The normalized spacial score (nSPS) is 11.9. The molecule has 0 aliphatic carbocycles. The molecule has 1 N–H and O–H groups in total. The lowest BCUT2D eigenvalue weighted by Gasteiger charge is -2.34. The van der Waals surface area contributed by atoms with Crippen molar-refractivity contribution in [2.45, 2.75) is 57.0 Å². The summed E-state index contributed by atoms with van der Waals surface area (Å²) in [4.78, 5) is 30.0. The Hall–Kier alpha value is -3.85. The van der Waals surface area contributed by atoms with Crippen molar-refractivity contribution in [2.75, 3.05) is 17.4 Å². The average Bonchev–Trinajstić information content (AvgIpc) is 3.06. The third-order valence-electron chi connectivity index (χ3n) is 7.71. The van der Waals surface area contributed by atoms with Crippen molar-refractivity contribution in [3.8, 4) is 0 Å². The molecule has 4 rings (SSSR count).